The van der Waals surface area contributed by atoms with E-state index in [0.29, 0.717) is 29.4 Å². The standard InChI is InChI=1S/C16H19N5O2/c1-3-10(2)16(22)23-13-7-5-4-6-11(13)20-21-12-8-9-14(17)19-15(12)18/h4-10H,3H2,1-2H3,(H4,17,18,19). The maximum Gasteiger partial charge on any atom is 0.314 e. The summed E-state index contributed by atoms with van der Waals surface area (Å²) < 4.78 is 5.38. The lowest BCUT2D eigenvalue weighted by molar-refractivity contribution is -0.138. The van der Waals surface area contributed by atoms with E-state index in [-0.39, 0.29) is 17.7 Å². The van der Waals surface area contributed by atoms with E-state index in [9.17, 15) is 4.79 Å². The van der Waals surface area contributed by atoms with Gasteiger partial charge in [0.1, 0.15) is 17.2 Å². The van der Waals surface area contributed by atoms with Crippen molar-refractivity contribution in [3.63, 3.8) is 0 Å². The van der Waals surface area contributed by atoms with E-state index in [2.05, 4.69) is 15.2 Å². The number of nitrogen functional groups attached to an aromatic ring is 2. The van der Waals surface area contributed by atoms with Crippen LogP contribution in [0.15, 0.2) is 46.6 Å². The Kier molecular flexibility index (Phi) is 5.24. The Morgan fingerprint density at radius 1 is 1.17 bits per heavy atom. The van der Waals surface area contributed by atoms with Crippen LogP contribution in [0.2, 0.25) is 0 Å². The highest BCUT2D eigenvalue weighted by Crippen LogP contribution is 2.30. The number of rotatable bonds is 5. The van der Waals surface area contributed by atoms with Crippen molar-refractivity contribution in [2.75, 3.05) is 11.5 Å². The van der Waals surface area contributed by atoms with Crippen LogP contribution in [0.3, 0.4) is 0 Å². The fourth-order valence-corrected chi connectivity index (χ4v) is 1.68. The molecule has 1 aromatic heterocycles. The third kappa shape index (κ3) is 4.26. The van der Waals surface area contributed by atoms with Crippen molar-refractivity contribution in [1.82, 2.24) is 4.98 Å². The van der Waals surface area contributed by atoms with Gasteiger partial charge < -0.3 is 16.2 Å². The Morgan fingerprint density at radius 2 is 1.87 bits per heavy atom. The minimum Gasteiger partial charge on any atom is -0.424 e. The highest BCUT2D eigenvalue weighted by atomic mass is 16.5. The lowest BCUT2D eigenvalue weighted by atomic mass is 10.1. The van der Waals surface area contributed by atoms with Gasteiger partial charge in [0.2, 0.25) is 0 Å². The van der Waals surface area contributed by atoms with Crippen LogP contribution in [0, 0.1) is 5.92 Å². The summed E-state index contributed by atoms with van der Waals surface area (Å²) >= 11 is 0. The predicted octanol–water partition coefficient (Wildman–Crippen LogP) is 3.61. The quantitative estimate of drug-likeness (QED) is 0.497. The van der Waals surface area contributed by atoms with E-state index in [4.69, 9.17) is 16.2 Å². The molecule has 0 spiro atoms. The summed E-state index contributed by atoms with van der Waals surface area (Å²) in [7, 11) is 0. The Hall–Kier alpha value is -2.96. The molecule has 7 heteroatoms. The van der Waals surface area contributed by atoms with Crippen LogP contribution in [0.25, 0.3) is 0 Å². The molecule has 0 aliphatic carbocycles. The molecule has 1 heterocycles. The average Bonchev–Trinajstić information content (AvgIpc) is 2.54. The van der Waals surface area contributed by atoms with E-state index in [1.165, 1.54) is 0 Å². The largest absolute Gasteiger partial charge is 0.424 e. The van der Waals surface area contributed by atoms with Crippen LogP contribution in [-0.4, -0.2) is 11.0 Å². The maximum atomic E-state index is 11.9. The molecule has 1 atom stereocenters. The van der Waals surface area contributed by atoms with Crippen LogP contribution in [0.4, 0.5) is 23.0 Å². The van der Waals surface area contributed by atoms with Crippen molar-refractivity contribution >= 4 is 29.0 Å². The van der Waals surface area contributed by atoms with E-state index in [0.717, 1.165) is 0 Å². The van der Waals surface area contributed by atoms with Gasteiger partial charge in [-0.05, 0) is 30.7 Å². The minimum atomic E-state index is -0.302. The number of aromatic nitrogens is 1. The average molecular weight is 313 g/mol. The smallest absolute Gasteiger partial charge is 0.314 e. The Labute approximate surface area is 134 Å². The molecule has 2 aromatic rings. The molecule has 0 saturated heterocycles. The van der Waals surface area contributed by atoms with Crippen molar-refractivity contribution in [1.29, 1.82) is 0 Å². The van der Waals surface area contributed by atoms with Gasteiger partial charge in [-0.15, -0.1) is 10.2 Å². The topological polar surface area (TPSA) is 116 Å². The first-order valence-corrected chi connectivity index (χ1v) is 7.25. The van der Waals surface area contributed by atoms with Crippen molar-refractivity contribution in [3.05, 3.63) is 36.4 Å². The van der Waals surface area contributed by atoms with Gasteiger partial charge in [-0.25, -0.2) is 4.98 Å². The zero-order chi connectivity index (χ0) is 16.8. The number of pyridine rings is 1. The minimum absolute atomic E-state index is 0.183. The number of nitrogens with two attached hydrogens (primary N) is 2. The summed E-state index contributed by atoms with van der Waals surface area (Å²) in [5.74, 6) is 0.358. The molecule has 0 saturated carbocycles. The van der Waals surface area contributed by atoms with E-state index >= 15 is 0 Å². The summed E-state index contributed by atoms with van der Waals surface area (Å²) in [5, 5.41) is 8.13. The van der Waals surface area contributed by atoms with Gasteiger partial charge in [0, 0.05) is 0 Å². The number of esters is 1. The first kappa shape index (κ1) is 16.4. The third-order valence-corrected chi connectivity index (χ3v) is 3.28. The van der Waals surface area contributed by atoms with Gasteiger partial charge in [0.25, 0.3) is 0 Å². The molecular formula is C16H19N5O2. The zero-order valence-corrected chi connectivity index (χ0v) is 13.1. The first-order chi connectivity index (χ1) is 11.0. The monoisotopic (exact) mass is 313 g/mol. The van der Waals surface area contributed by atoms with Crippen molar-refractivity contribution < 1.29 is 9.53 Å². The normalized spacial score (nSPS) is 12.3. The molecule has 1 aromatic carbocycles. The van der Waals surface area contributed by atoms with Crippen LogP contribution in [0.1, 0.15) is 20.3 Å². The molecule has 4 N–H and O–H groups in total. The van der Waals surface area contributed by atoms with Crippen molar-refractivity contribution in [3.8, 4) is 5.75 Å². The summed E-state index contributed by atoms with van der Waals surface area (Å²) in [4.78, 5) is 15.8. The van der Waals surface area contributed by atoms with Crippen LogP contribution < -0.4 is 16.2 Å². The molecule has 23 heavy (non-hydrogen) atoms. The third-order valence-electron chi connectivity index (χ3n) is 3.28. The highest BCUT2D eigenvalue weighted by Gasteiger charge is 2.15. The van der Waals surface area contributed by atoms with E-state index in [1.807, 2.05) is 13.8 Å². The summed E-state index contributed by atoms with van der Waals surface area (Å²) in [5.41, 5.74) is 12.1. The first-order valence-electron chi connectivity index (χ1n) is 7.25. The SMILES string of the molecule is CCC(C)C(=O)Oc1ccccc1N=Nc1ccc(N)nc1N. The molecule has 1 unspecified atom stereocenters. The molecule has 0 fully saturated rings. The zero-order valence-electron chi connectivity index (χ0n) is 13.1. The molecule has 120 valence electrons. The number of azo groups is 1. The van der Waals surface area contributed by atoms with Gasteiger partial charge in [-0.1, -0.05) is 26.0 Å². The lowest BCUT2D eigenvalue weighted by Gasteiger charge is -2.10. The van der Waals surface area contributed by atoms with Crippen LogP contribution >= 0.6 is 0 Å². The van der Waals surface area contributed by atoms with Gasteiger partial charge in [0.05, 0.1) is 5.92 Å². The number of para-hydroxylation sites is 1. The summed E-state index contributed by atoms with van der Waals surface area (Å²) in [6.45, 7) is 3.74. The van der Waals surface area contributed by atoms with E-state index < -0.39 is 0 Å². The Balaban J connectivity index is 2.23. The van der Waals surface area contributed by atoms with Crippen LogP contribution in [-0.2, 0) is 4.79 Å². The number of ether oxygens (including phenoxy) is 1. The number of nitrogens with zero attached hydrogens (tertiary/aromatic N) is 3. The fourth-order valence-electron chi connectivity index (χ4n) is 1.68. The van der Waals surface area contributed by atoms with Crippen molar-refractivity contribution in [2.24, 2.45) is 16.1 Å². The number of carbonyl (C=O) groups excluding carboxylic acids is 1. The van der Waals surface area contributed by atoms with E-state index in [1.54, 1.807) is 36.4 Å². The number of hydrogen-bond acceptors (Lipinski definition) is 7. The van der Waals surface area contributed by atoms with Gasteiger partial charge >= 0.3 is 5.97 Å². The lowest BCUT2D eigenvalue weighted by Crippen LogP contribution is -2.16. The summed E-state index contributed by atoms with van der Waals surface area (Å²) in [6.07, 6.45) is 0.705. The van der Waals surface area contributed by atoms with Crippen LogP contribution in [0.5, 0.6) is 5.75 Å². The predicted molar refractivity (Wildman–Crippen MR) is 88.8 cm³/mol. The Bertz CT molecular complexity index is 730. The Morgan fingerprint density at radius 3 is 2.57 bits per heavy atom. The van der Waals surface area contributed by atoms with Crippen molar-refractivity contribution in [2.45, 2.75) is 20.3 Å². The number of anilines is 2. The second-order valence-electron chi connectivity index (χ2n) is 5.04. The molecule has 2 rings (SSSR count). The molecule has 7 nitrogen and oxygen atoms in total. The molecular weight excluding hydrogens is 294 g/mol. The number of hydrogen-bond donors (Lipinski definition) is 2. The maximum absolute atomic E-state index is 11.9. The molecule has 0 aliphatic heterocycles. The molecule has 0 radical (unpaired) electrons. The number of benzene rings is 1. The second-order valence-corrected chi connectivity index (χ2v) is 5.04. The van der Waals surface area contributed by atoms with Gasteiger partial charge in [-0.3, -0.25) is 4.79 Å². The molecule has 0 bridgehead atoms. The summed E-state index contributed by atoms with van der Waals surface area (Å²) in [6, 6.07) is 10.1. The highest BCUT2D eigenvalue weighted by molar-refractivity contribution is 5.76. The molecule has 0 aliphatic rings. The second kappa shape index (κ2) is 7.35. The van der Waals surface area contributed by atoms with Gasteiger partial charge in [0.15, 0.2) is 11.6 Å². The molecule has 0 amide bonds. The van der Waals surface area contributed by atoms with Gasteiger partial charge in [-0.2, -0.15) is 0 Å². The number of carbonyl (C=O) groups is 1. The fraction of sp³-hybridized carbons (Fsp3) is 0.250.